The van der Waals surface area contributed by atoms with E-state index in [-0.39, 0.29) is 17.9 Å². The van der Waals surface area contributed by atoms with Crippen molar-refractivity contribution in [3.05, 3.63) is 47.3 Å². The number of aromatic nitrogens is 3. The van der Waals surface area contributed by atoms with Crippen LogP contribution in [0.4, 0.5) is 0 Å². The monoisotopic (exact) mass is 383 g/mol. The molecule has 152 valence electrons. The Morgan fingerprint density at radius 1 is 1.25 bits per heavy atom. The lowest BCUT2D eigenvalue weighted by Crippen LogP contribution is -2.32. The summed E-state index contributed by atoms with van der Waals surface area (Å²) in [6.07, 6.45) is 7.33. The summed E-state index contributed by atoms with van der Waals surface area (Å²) in [6.45, 7) is 8.43. The number of benzene rings is 1. The first-order valence-corrected chi connectivity index (χ1v) is 10.6. The summed E-state index contributed by atoms with van der Waals surface area (Å²) in [4.78, 5) is 12.8. The molecule has 1 aliphatic heterocycles. The van der Waals surface area contributed by atoms with Crippen molar-refractivity contribution in [1.82, 2.24) is 25.6 Å². The Labute approximate surface area is 168 Å². The van der Waals surface area contributed by atoms with Crippen LogP contribution in [-0.2, 0) is 6.42 Å². The zero-order valence-electron chi connectivity index (χ0n) is 17.3. The minimum absolute atomic E-state index is 0.0447. The number of aryl methyl sites for hydroxylation is 1. The predicted octanol–water partition coefficient (Wildman–Crippen LogP) is 3.67. The lowest BCUT2D eigenvalue weighted by atomic mass is 9.94. The number of rotatable bonds is 8. The van der Waals surface area contributed by atoms with Crippen molar-refractivity contribution >= 4 is 5.91 Å². The van der Waals surface area contributed by atoms with Crippen LogP contribution in [-0.4, -0.2) is 34.0 Å². The smallest absolute Gasteiger partial charge is 0.273 e. The molecule has 6 nitrogen and oxygen atoms in total. The Hall–Kier alpha value is -2.21. The number of unbranched alkanes of at least 4 members (excludes halogenated alkanes) is 1. The second-order valence-electron chi connectivity index (χ2n) is 8.11. The molecule has 6 heteroatoms. The molecule has 1 aromatic heterocycles. The van der Waals surface area contributed by atoms with E-state index in [0.29, 0.717) is 11.7 Å². The molecule has 0 bridgehead atoms. The van der Waals surface area contributed by atoms with Gasteiger partial charge in [-0.3, -0.25) is 4.79 Å². The Morgan fingerprint density at radius 2 is 1.96 bits per heavy atom. The minimum atomic E-state index is -0.158. The van der Waals surface area contributed by atoms with E-state index >= 15 is 0 Å². The molecule has 1 aliphatic rings. The van der Waals surface area contributed by atoms with Gasteiger partial charge in [0.2, 0.25) is 0 Å². The van der Waals surface area contributed by atoms with Crippen molar-refractivity contribution in [2.75, 3.05) is 13.1 Å². The zero-order chi connectivity index (χ0) is 19.9. The second-order valence-corrected chi connectivity index (χ2v) is 8.11. The average Bonchev–Trinajstić information content (AvgIpc) is 3.22. The van der Waals surface area contributed by atoms with Gasteiger partial charge in [0.1, 0.15) is 0 Å². The number of carbonyl (C=O) groups excluding carboxylic acids is 1. The van der Waals surface area contributed by atoms with E-state index in [2.05, 4.69) is 66.0 Å². The SMILES string of the molecule is CCCCc1ccc(C(NC(=O)c2cn(C3CCNCC3)nn2)C(C)C)cc1. The highest BCUT2D eigenvalue weighted by molar-refractivity contribution is 5.92. The molecule has 0 aliphatic carbocycles. The van der Waals surface area contributed by atoms with E-state index in [0.717, 1.165) is 37.9 Å². The van der Waals surface area contributed by atoms with Gasteiger partial charge >= 0.3 is 0 Å². The fourth-order valence-corrected chi connectivity index (χ4v) is 3.75. The maximum absolute atomic E-state index is 12.8. The van der Waals surface area contributed by atoms with Gasteiger partial charge in [-0.05, 0) is 55.8 Å². The number of nitrogens with one attached hydrogen (secondary N) is 2. The topological polar surface area (TPSA) is 71.8 Å². The molecule has 0 saturated carbocycles. The molecule has 2 N–H and O–H groups in total. The zero-order valence-corrected chi connectivity index (χ0v) is 17.3. The van der Waals surface area contributed by atoms with Gasteiger partial charge in [0.05, 0.1) is 18.3 Å². The molecule has 1 unspecified atom stereocenters. The van der Waals surface area contributed by atoms with Crippen molar-refractivity contribution in [2.24, 2.45) is 5.92 Å². The Morgan fingerprint density at radius 3 is 2.61 bits per heavy atom. The van der Waals surface area contributed by atoms with Crippen LogP contribution < -0.4 is 10.6 Å². The van der Waals surface area contributed by atoms with Gasteiger partial charge in [0, 0.05) is 0 Å². The predicted molar refractivity (Wildman–Crippen MR) is 111 cm³/mol. The second kappa shape index (κ2) is 9.82. The van der Waals surface area contributed by atoms with Crippen LogP contribution in [0.15, 0.2) is 30.5 Å². The van der Waals surface area contributed by atoms with Gasteiger partial charge in [-0.15, -0.1) is 5.10 Å². The summed E-state index contributed by atoms with van der Waals surface area (Å²) in [7, 11) is 0. The number of nitrogens with zero attached hydrogens (tertiary/aromatic N) is 3. The molecular formula is C22H33N5O. The van der Waals surface area contributed by atoms with Crippen LogP contribution in [0.5, 0.6) is 0 Å². The number of amides is 1. The summed E-state index contributed by atoms with van der Waals surface area (Å²) < 4.78 is 1.85. The highest BCUT2D eigenvalue weighted by Crippen LogP contribution is 2.23. The Bertz CT molecular complexity index is 747. The lowest BCUT2D eigenvalue weighted by Gasteiger charge is -2.23. The van der Waals surface area contributed by atoms with Crippen molar-refractivity contribution in [3.8, 4) is 0 Å². The summed E-state index contributed by atoms with van der Waals surface area (Å²) in [6, 6.07) is 8.92. The van der Waals surface area contributed by atoms with Crippen LogP contribution >= 0.6 is 0 Å². The van der Waals surface area contributed by atoms with Gasteiger partial charge in [-0.25, -0.2) is 4.68 Å². The Kier molecular flexibility index (Phi) is 7.20. The summed E-state index contributed by atoms with van der Waals surface area (Å²) in [5.74, 6) is 0.124. The van der Waals surface area contributed by atoms with Gasteiger partial charge in [-0.1, -0.05) is 56.7 Å². The van der Waals surface area contributed by atoms with Crippen LogP contribution in [0.2, 0.25) is 0 Å². The van der Waals surface area contributed by atoms with Crippen molar-refractivity contribution < 1.29 is 4.79 Å². The van der Waals surface area contributed by atoms with Crippen molar-refractivity contribution in [1.29, 1.82) is 0 Å². The molecular weight excluding hydrogens is 350 g/mol. The van der Waals surface area contributed by atoms with E-state index in [4.69, 9.17) is 0 Å². The first-order valence-electron chi connectivity index (χ1n) is 10.6. The molecule has 0 spiro atoms. The van der Waals surface area contributed by atoms with Crippen molar-refractivity contribution in [2.45, 2.75) is 65.0 Å². The van der Waals surface area contributed by atoms with Gasteiger partial charge < -0.3 is 10.6 Å². The van der Waals surface area contributed by atoms with Crippen LogP contribution in [0, 0.1) is 5.92 Å². The first-order chi connectivity index (χ1) is 13.6. The maximum atomic E-state index is 12.8. The number of piperidine rings is 1. The van der Waals surface area contributed by atoms with Crippen LogP contribution in [0.1, 0.15) is 80.2 Å². The highest BCUT2D eigenvalue weighted by atomic mass is 16.2. The molecule has 1 atom stereocenters. The first kappa shape index (κ1) is 20.5. The van der Waals surface area contributed by atoms with Gasteiger partial charge in [-0.2, -0.15) is 0 Å². The Balaban J connectivity index is 1.66. The molecule has 0 radical (unpaired) electrons. The molecule has 1 saturated heterocycles. The van der Waals surface area contributed by atoms with Gasteiger partial charge in [0.15, 0.2) is 5.69 Å². The third kappa shape index (κ3) is 5.19. The molecule has 2 heterocycles. The number of hydrogen-bond acceptors (Lipinski definition) is 4. The fraction of sp³-hybridized carbons (Fsp3) is 0.591. The van der Waals surface area contributed by atoms with Crippen LogP contribution in [0.3, 0.4) is 0 Å². The highest BCUT2D eigenvalue weighted by Gasteiger charge is 2.23. The van der Waals surface area contributed by atoms with Gasteiger partial charge in [0.25, 0.3) is 5.91 Å². The van der Waals surface area contributed by atoms with E-state index in [9.17, 15) is 4.79 Å². The maximum Gasteiger partial charge on any atom is 0.273 e. The molecule has 1 amide bonds. The standard InChI is InChI=1S/C22H33N5O/c1-4-5-6-17-7-9-18(10-8-17)21(16(2)3)24-22(28)20-15-27(26-25-20)19-11-13-23-14-12-19/h7-10,15-16,19,21,23H,4-6,11-14H2,1-3H3,(H,24,28). The lowest BCUT2D eigenvalue weighted by molar-refractivity contribution is 0.0920. The van der Waals surface area contributed by atoms with Crippen LogP contribution in [0.25, 0.3) is 0 Å². The summed E-state index contributed by atoms with van der Waals surface area (Å²) >= 11 is 0. The molecule has 3 rings (SSSR count). The number of hydrogen-bond donors (Lipinski definition) is 2. The third-order valence-corrected chi connectivity index (χ3v) is 5.54. The normalized spacial score (nSPS) is 16.3. The largest absolute Gasteiger partial charge is 0.344 e. The quantitative estimate of drug-likeness (QED) is 0.729. The third-order valence-electron chi connectivity index (χ3n) is 5.54. The molecule has 28 heavy (non-hydrogen) atoms. The molecule has 1 aromatic carbocycles. The van der Waals surface area contributed by atoms with Crippen molar-refractivity contribution in [3.63, 3.8) is 0 Å². The fourth-order valence-electron chi connectivity index (χ4n) is 3.75. The van der Waals surface area contributed by atoms with E-state index in [1.54, 1.807) is 6.20 Å². The summed E-state index contributed by atoms with van der Waals surface area (Å²) in [5.41, 5.74) is 2.88. The molecule has 2 aromatic rings. The average molecular weight is 384 g/mol. The van der Waals surface area contributed by atoms with E-state index in [1.165, 1.54) is 18.4 Å². The number of carbonyl (C=O) groups is 1. The van der Waals surface area contributed by atoms with E-state index in [1.807, 2.05) is 4.68 Å². The minimum Gasteiger partial charge on any atom is -0.344 e. The molecule has 1 fully saturated rings. The summed E-state index contributed by atoms with van der Waals surface area (Å²) in [5, 5.41) is 14.8. The van der Waals surface area contributed by atoms with E-state index < -0.39 is 0 Å².